The standard InChI is InChI=1S/C22H21N3O3/c1-22(15-6-7-15)20(27)25(21(28)24-22)12-19(26)23-16-8-9-18-14(11-16)10-13-4-2-3-5-17(13)18/h2-5,8-9,11,15H,6-7,10,12H2,1H3,(H,23,26)(H,24,28). The lowest BCUT2D eigenvalue weighted by molar-refractivity contribution is -0.134. The SMILES string of the molecule is CC1(C2CC2)NC(=O)N(CC(=O)Nc2ccc3c(c2)Cc2ccccc2-3)C1=O. The van der Waals surface area contributed by atoms with E-state index in [1.54, 1.807) is 6.92 Å². The summed E-state index contributed by atoms with van der Waals surface area (Å²) in [7, 11) is 0. The van der Waals surface area contributed by atoms with Crippen LogP contribution in [0.5, 0.6) is 0 Å². The van der Waals surface area contributed by atoms with E-state index in [0.29, 0.717) is 5.69 Å². The Labute approximate surface area is 162 Å². The molecule has 3 aliphatic rings. The van der Waals surface area contributed by atoms with Crippen molar-refractivity contribution in [3.63, 3.8) is 0 Å². The van der Waals surface area contributed by atoms with Gasteiger partial charge in [-0.3, -0.25) is 14.5 Å². The molecule has 0 bridgehead atoms. The Morgan fingerprint density at radius 3 is 2.68 bits per heavy atom. The molecule has 2 N–H and O–H groups in total. The summed E-state index contributed by atoms with van der Waals surface area (Å²) < 4.78 is 0. The molecule has 1 atom stereocenters. The van der Waals surface area contributed by atoms with Crippen molar-refractivity contribution in [2.75, 3.05) is 11.9 Å². The predicted octanol–water partition coefficient (Wildman–Crippen LogP) is 2.92. The van der Waals surface area contributed by atoms with Crippen molar-refractivity contribution in [3.05, 3.63) is 53.6 Å². The largest absolute Gasteiger partial charge is 0.325 e. The average molecular weight is 375 g/mol. The molecule has 28 heavy (non-hydrogen) atoms. The number of hydrogen-bond donors (Lipinski definition) is 2. The number of fused-ring (bicyclic) bond motifs is 3. The monoisotopic (exact) mass is 375 g/mol. The third kappa shape index (κ3) is 2.59. The second-order valence-electron chi connectivity index (χ2n) is 8.05. The van der Waals surface area contributed by atoms with E-state index in [2.05, 4.69) is 22.8 Å². The third-order valence-corrected chi connectivity index (χ3v) is 6.07. The molecular formula is C22H21N3O3. The zero-order valence-electron chi connectivity index (χ0n) is 15.6. The normalized spacial score (nSPS) is 22.7. The second-order valence-corrected chi connectivity index (χ2v) is 8.05. The number of carbonyl (C=O) groups is 3. The number of carbonyl (C=O) groups excluding carboxylic acids is 3. The van der Waals surface area contributed by atoms with Crippen molar-refractivity contribution in [1.82, 2.24) is 10.2 Å². The minimum Gasteiger partial charge on any atom is -0.325 e. The Bertz CT molecular complexity index is 1030. The number of benzene rings is 2. The fourth-order valence-corrected chi connectivity index (χ4v) is 4.36. The predicted molar refractivity (Wildman–Crippen MR) is 105 cm³/mol. The highest BCUT2D eigenvalue weighted by Gasteiger charge is 2.56. The zero-order valence-corrected chi connectivity index (χ0v) is 15.6. The highest BCUT2D eigenvalue weighted by Crippen LogP contribution is 2.42. The van der Waals surface area contributed by atoms with E-state index >= 15 is 0 Å². The van der Waals surface area contributed by atoms with Crippen LogP contribution in [0.25, 0.3) is 11.1 Å². The summed E-state index contributed by atoms with van der Waals surface area (Å²) in [5, 5.41) is 5.59. The van der Waals surface area contributed by atoms with Gasteiger partial charge < -0.3 is 10.6 Å². The van der Waals surface area contributed by atoms with Gasteiger partial charge in [-0.15, -0.1) is 0 Å². The minimum atomic E-state index is -0.864. The summed E-state index contributed by atoms with van der Waals surface area (Å²) in [6.45, 7) is 1.48. The summed E-state index contributed by atoms with van der Waals surface area (Å²) in [4.78, 5) is 38.4. The van der Waals surface area contributed by atoms with Gasteiger partial charge in [0.1, 0.15) is 12.1 Å². The molecule has 0 radical (unpaired) electrons. The van der Waals surface area contributed by atoms with Gasteiger partial charge in [0.2, 0.25) is 5.91 Å². The average Bonchev–Trinajstić information content (AvgIpc) is 3.43. The van der Waals surface area contributed by atoms with Gasteiger partial charge >= 0.3 is 6.03 Å². The number of nitrogens with zero attached hydrogens (tertiary/aromatic N) is 1. The Morgan fingerprint density at radius 2 is 1.89 bits per heavy atom. The molecule has 1 heterocycles. The van der Waals surface area contributed by atoms with E-state index in [0.717, 1.165) is 29.7 Å². The topological polar surface area (TPSA) is 78.5 Å². The van der Waals surface area contributed by atoms with E-state index in [9.17, 15) is 14.4 Å². The van der Waals surface area contributed by atoms with Gasteiger partial charge in [-0.1, -0.05) is 30.3 Å². The van der Waals surface area contributed by atoms with Gasteiger partial charge in [-0.25, -0.2) is 4.79 Å². The number of amides is 4. The summed E-state index contributed by atoms with van der Waals surface area (Å²) in [6.07, 6.45) is 2.70. The maximum absolute atomic E-state index is 12.6. The fourth-order valence-electron chi connectivity index (χ4n) is 4.36. The molecule has 4 amide bonds. The van der Waals surface area contributed by atoms with Gasteiger partial charge in [0, 0.05) is 5.69 Å². The number of imide groups is 1. The molecule has 6 heteroatoms. The van der Waals surface area contributed by atoms with Crippen LogP contribution in [0.15, 0.2) is 42.5 Å². The van der Waals surface area contributed by atoms with Crippen LogP contribution in [0.4, 0.5) is 10.5 Å². The van der Waals surface area contributed by atoms with Gasteiger partial charge in [-0.05, 0) is 66.5 Å². The van der Waals surface area contributed by atoms with E-state index in [-0.39, 0.29) is 24.3 Å². The minimum absolute atomic E-state index is 0.176. The first-order valence-corrected chi connectivity index (χ1v) is 9.61. The highest BCUT2D eigenvalue weighted by molar-refractivity contribution is 6.10. The van der Waals surface area contributed by atoms with Crippen molar-refractivity contribution >= 4 is 23.5 Å². The van der Waals surface area contributed by atoms with E-state index in [1.807, 2.05) is 30.3 Å². The van der Waals surface area contributed by atoms with Crippen LogP contribution < -0.4 is 10.6 Å². The molecule has 1 aliphatic heterocycles. The van der Waals surface area contributed by atoms with Crippen LogP contribution in [-0.2, 0) is 16.0 Å². The Kier molecular flexibility index (Phi) is 3.59. The second kappa shape index (κ2) is 5.92. The summed E-state index contributed by atoms with van der Waals surface area (Å²) >= 11 is 0. The smallest absolute Gasteiger partial charge is 0.325 e. The molecule has 142 valence electrons. The molecule has 1 saturated heterocycles. The van der Waals surface area contributed by atoms with Crippen LogP contribution in [0.3, 0.4) is 0 Å². The molecule has 2 fully saturated rings. The molecule has 6 nitrogen and oxygen atoms in total. The molecule has 2 aromatic rings. The molecule has 1 unspecified atom stereocenters. The summed E-state index contributed by atoms with van der Waals surface area (Å²) in [5.41, 5.74) is 4.66. The molecular weight excluding hydrogens is 354 g/mol. The lowest BCUT2D eigenvalue weighted by Gasteiger charge is -2.20. The Balaban J connectivity index is 1.29. The molecule has 5 rings (SSSR count). The maximum Gasteiger partial charge on any atom is 0.325 e. The van der Waals surface area contributed by atoms with Crippen molar-refractivity contribution in [3.8, 4) is 11.1 Å². The van der Waals surface area contributed by atoms with Crippen molar-refractivity contribution in [2.45, 2.75) is 31.7 Å². The lowest BCUT2D eigenvalue weighted by Crippen LogP contribution is -2.46. The van der Waals surface area contributed by atoms with Crippen LogP contribution in [-0.4, -0.2) is 34.8 Å². The lowest BCUT2D eigenvalue weighted by atomic mass is 9.96. The first-order valence-electron chi connectivity index (χ1n) is 9.61. The highest BCUT2D eigenvalue weighted by atomic mass is 16.2. The van der Waals surface area contributed by atoms with Crippen molar-refractivity contribution in [2.24, 2.45) is 5.92 Å². The maximum atomic E-state index is 12.6. The summed E-state index contributed by atoms with van der Waals surface area (Å²) in [5.74, 6) is -0.506. The van der Waals surface area contributed by atoms with E-state index < -0.39 is 11.6 Å². The van der Waals surface area contributed by atoms with Crippen LogP contribution in [0.1, 0.15) is 30.9 Å². The number of anilines is 1. The van der Waals surface area contributed by atoms with Crippen LogP contribution in [0, 0.1) is 5.92 Å². The third-order valence-electron chi connectivity index (χ3n) is 6.07. The van der Waals surface area contributed by atoms with Crippen LogP contribution in [0.2, 0.25) is 0 Å². The Morgan fingerprint density at radius 1 is 1.14 bits per heavy atom. The van der Waals surface area contributed by atoms with Crippen molar-refractivity contribution < 1.29 is 14.4 Å². The van der Waals surface area contributed by atoms with Crippen molar-refractivity contribution in [1.29, 1.82) is 0 Å². The molecule has 0 spiro atoms. The summed E-state index contributed by atoms with van der Waals surface area (Å²) in [6, 6.07) is 13.6. The first-order chi connectivity index (χ1) is 13.5. The van der Waals surface area contributed by atoms with Gasteiger partial charge in [0.05, 0.1) is 0 Å². The Hall–Kier alpha value is -3.15. The fraction of sp³-hybridized carbons (Fsp3) is 0.318. The van der Waals surface area contributed by atoms with Crippen LogP contribution >= 0.6 is 0 Å². The number of rotatable bonds is 4. The van der Waals surface area contributed by atoms with E-state index in [4.69, 9.17) is 0 Å². The van der Waals surface area contributed by atoms with Gasteiger partial charge in [0.25, 0.3) is 5.91 Å². The zero-order chi connectivity index (χ0) is 19.5. The first kappa shape index (κ1) is 17.0. The van der Waals surface area contributed by atoms with Gasteiger partial charge in [0.15, 0.2) is 0 Å². The quantitative estimate of drug-likeness (QED) is 0.688. The number of urea groups is 1. The molecule has 2 aliphatic carbocycles. The molecule has 0 aromatic heterocycles. The molecule has 1 saturated carbocycles. The van der Waals surface area contributed by atoms with Gasteiger partial charge in [-0.2, -0.15) is 0 Å². The molecule has 2 aromatic carbocycles. The van der Waals surface area contributed by atoms with E-state index in [1.165, 1.54) is 16.7 Å². The number of hydrogen-bond acceptors (Lipinski definition) is 3. The number of nitrogens with one attached hydrogen (secondary N) is 2.